The highest BCUT2D eigenvalue weighted by molar-refractivity contribution is 7.79. The number of rotatable bonds is 2. The average Bonchev–Trinajstić information content (AvgIpc) is 2.03. The monoisotopic (exact) mass is 225 g/mol. The maximum absolute atomic E-state index is 12.6. The number of hydrogen-bond acceptors (Lipinski definition) is 2. The van der Waals surface area contributed by atoms with Crippen LogP contribution in [-0.4, -0.2) is 8.76 Å². The average molecular weight is 226 g/mol. The first-order valence-corrected chi connectivity index (χ1v) is 4.63. The highest BCUT2D eigenvalue weighted by atomic mass is 35.5. The first kappa shape index (κ1) is 10.6. The third-order valence-electron chi connectivity index (χ3n) is 1.37. The van der Waals surface area contributed by atoms with Gasteiger partial charge in [0.2, 0.25) is 0 Å². The summed E-state index contributed by atoms with van der Waals surface area (Å²) in [5.74, 6) is 0. The van der Waals surface area contributed by atoms with E-state index in [4.69, 9.17) is 11.6 Å². The zero-order valence-corrected chi connectivity index (χ0v) is 7.74. The Morgan fingerprint density at radius 2 is 1.92 bits per heavy atom. The van der Waals surface area contributed by atoms with Gasteiger partial charge >= 0.3 is 5.38 Å². The molecule has 0 N–H and O–H groups in total. The van der Waals surface area contributed by atoms with Crippen LogP contribution in [0.1, 0.15) is 5.56 Å². The van der Waals surface area contributed by atoms with Gasteiger partial charge in [0.1, 0.15) is 0 Å². The molecule has 0 aromatic heterocycles. The van der Waals surface area contributed by atoms with Crippen molar-refractivity contribution >= 4 is 22.7 Å². The minimum Gasteiger partial charge on any atom is -0.768 e. The maximum atomic E-state index is 12.6. The van der Waals surface area contributed by atoms with Crippen molar-refractivity contribution in [2.45, 2.75) is 10.3 Å². The van der Waals surface area contributed by atoms with Crippen molar-refractivity contribution in [3.05, 3.63) is 29.8 Å². The molecule has 1 rings (SSSR count). The Morgan fingerprint density at radius 3 is 2.31 bits per heavy atom. The van der Waals surface area contributed by atoms with Crippen LogP contribution in [0.3, 0.4) is 0 Å². The van der Waals surface area contributed by atoms with Crippen LogP contribution in [0.25, 0.3) is 0 Å². The van der Waals surface area contributed by atoms with Gasteiger partial charge < -0.3 is 4.55 Å². The molecule has 0 spiro atoms. The van der Waals surface area contributed by atoms with Crippen molar-refractivity contribution in [1.82, 2.24) is 0 Å². The van der Waals surface area contributed by atoms with Crippen LogP contribution >= 0.6 is 11.6 Å². The van der Waals surface area contributed by atoms with Gasteiger partial charge in [-0.1, -0.05) is 18.2 Å². The second-order valence-electron chi connectivity index (χ2n) is 2.23. The fraction of sp³-hybridized carbons (Fsp3) is 0.143. The van der Waals surface area contributed by atoms with Crippen molar-refractivity contribution in [2.75, 3.05) is 0 Å². The van der Waals surface area contributed by atoms with Gasteiger partial charge in [-0.3, -0.25) is 4.21 Å². The Balaban J connectivity index is 3.28. The molecule has 1 unspecified atom stereocenters. The van der Waals surface area contributed by atoms with Gasteiger partial charge in [-0.2, -0.15) is 8.78 Å². The second kappa shape index (κ2) is 3.69. The smallest absolute Gasteiger partial charge is 0.349 e. The molecule has 0 heterocycles. The molecule has 13 heavy (non-hydrogen) atoms. The van der Waals surface area contributed by atoms with Crippen LogP contribution in [0, 0.1) is 0 Å². The van der Waals surface area contributed by atoms with Gasteiger partial charge in [0, 0.05) is 4.90 Å². The maximum Gasteiger partial charge on any atom is 0.349 e. The van der Waals surface area contributed by atoms with E-state index in [9.17, 15) is 17.5 Å². The Labute approximate surface area is 80.8 Å². The van der Waals surface area contributed by atoms with Crippen LogP contribution in [0.4, 0.5) is 8.78 Å². The molecule has 0 amide bonds. The van der Waals surface area contributed by atoms with Gasteiger partial charge in [0.15, 0.2) is 0 Å². The van der Waals surface area contributed by atoms with E-state index in [1.54, 1.807) is 0 Å². The van der Waals surface area contributed by atoms with E-state index in [-0.39, 0.29) is 0 Å². The molecule has 1 atom stereocenters. The van der Waals surface area contributed by atoms with Crippen LogP contribution in [-0.2, 0) is 16.5 Å². The molecule has 0 saturated carbocycles. The minimum atomic E-state index is -3.66. The molecule has 6 heteroatoms. The van der Waals surface area contributed by atoms with Crippen molar-refractivity contribution < 1.29 is 17.5 Å². The fourth-order valence-corrected chi connectivity index (χ4v) is 1.63. The molecule has 0 radical (unpaired) electrons. The SMILES string of the molecule is O=S([O-])c1ccccc1C(F)(F)Cl. The molecule has 0 aliphatic heterocycles. The minimum absolute atomic E-state index is 0.484. The highest BCUT2D eigenvalue weighted by Gasteiger charge is 2.30. The summed E-state index contributed by atoms with van der Waals surface area (Å²) in [7, 11) is 0. The summed E-state index contributed by atoms with van der Waals surface area (Å²) in [6, 6.07) is 4.67. The van der Waals surface area contributed by atoms with E-state index < -0.39 is 26.9 Å². The topological polar surface area (TPSA) is 40.1 Å². The summed E-state index contributed by atoms with van der Waals surface area (Å²) in [5.41, 5.74) is -0.704. The predicted molar refractivity (Wildman–Crippen MR) is 43.4 cm³/mol. The summed E-state index contributed by atoms with van der Waals surface area (Å²) in [5, 5.41) is -3.66. The van der Waals surface area contributed by atoms with E-state index in [0.29, 0.717) is 0 Å². The zero-order valence-electron chi connectivity index (χ0n) is 6.17. The lowest BCUT2D eigenvalue weighted by Crippen LogP contribution is -2.08. The van der Waals surface area contributed by atoms with Crippen LogP contribution in [0.5, 0.6) is 0 Å². The lowest BCUT2D eigenvalue weighted by atomic mass is 10.2. The molecule has 1 aromatic carbocycles. The van der Waals surface area contributed by atoms with E-state index in [1.165, 1.54) is 12.1 Å². The molecule has 0 aliphatic carbocycles. The lowest BCUT2D eigenvalue weighted by Gasteiger charge is -2.14. The molecule has 0 bridgehead atoms. The standard InChI is InChI=1S/C7H5ClF2O2S/c8-7(9,10)5-3-1-2-4-6(5)13(11)12/h1-4H,(H,11,12)/p-1. The zero-order chi connectivity index (χ0) is 10.1. The highest BCUT2D eigenvalue weighted by Crippen LogP contribution is 2.35. The second-order valence-corrected chi connectivity index (χ2v) is 3.61. The van der Waals surface area contributed by atoms with Gasteiger partial charge in [0.25, 0.3) is 0 Å². The summed E-state index contributed by atoms with van der Waals surface area (Å²) in [4.78, 5) is -0.484. The lowest BCUT2D eigenvalue weighted by molar-refractivity contribution is 0.0917. The Morgan fingerprint density at radius 1 is 1.38 bits per heavy atom. The Bertz CT molecular complexity index is 338. The normalized spacial score (nSPS) is 14.2. The Hall–Kier alpha value is -0.520. The largest absolute Gasteiger partial charge is 0.768 e. The van der Waals surface area contributed by atoms with Crippen LogP contribution in [0.15, 0.2) is 29.2 Å². The van der Waals surface area contributed by atoms with E-state index in [2.05, 4.69) is 0 Å². The molecule has 0 saturated heterocycles. The molecule has 0 aliphatic rings. The first-order valence-electron chi connectivity index (χ1n) is 3.18. The third-order valence-corrected chi connectivity index (χ3v) is 2.29. The number of benzene rings is 1. The first-order chi connectivity index (χ1) is 5.93. The van der Waals surface area contributed by atoms with Gasteiger partial charge in [-0.05, 0) is 28.7 Å². The van der Waals surface area contributed by atoms with Gasteiger partial charge in [-0.25, -0.2) is 0 Å². The molecule has 0 fully saturated rings. The molecular formula is C7H4ClF2O2S-. The van der Waals surface area contributed by atoms with Crippen molar-refractivity contribution in [2.24, 2.45) is 0 Å². The van der Waals surface area contributed by atoms with Gasteiger partial charge in [-0.15, -0.1) is 0 Å². The van der Waals surface area contributed by atoms with Crippen molar-refractivity contribution in [3.8, 4) is 0 Å². The Kier molecular flexibility index (Phi) is 3.00. The summed E-state index contributed by atoms with van der Waals surface area (Å²) in [6.45, 7) is 0. The van der Waals surface area contributed by atoms with Crippen molar-refractivity contribution in [1.29, 1.82) is 0 Å². The summed E-state index contributed by atoms with van der Waals surface area (Å²) < 4.78 is 46.1. The molecule has 72 valence electrons. The fourth-order valence-electron chi connectivity index (χ4n) is 0.846. The summed E-state index contributed by atoms with van der Waals surface area (Å²) in [6.07, 6.45) is 0. The third kappa shape index (κ3) is 2.46. The number of halogens is 3. The predicted octanol–water partition coefficient (Wildman–Crippen LogP) is 2.21. The van der Waals surface area contributed by atoms with Crippen LogP contribution in [0.2, 0.25) is 0 Å². The van der Waals surface area contributed by atoms with Crippen LogP contribution < -0.4 is 0 Å². The molecule has 1 aromatic rings. The van der Waals surface area contributed by atoms with Crippen molar-refractivity contribution in [3.63, 3.8) is 0 Å². The van der Waals surface area contributed by atoms with E-state index in [1.807, 2.05) is 0 Å². The number of alkyl halides is 3. The molecular weight excluding hydrogens is 222 g/mol. The summed E-state index contributed by atoms with van der Waals surface area (Å²) >= 11 is 2.00. The van der Waals surface area contributed by atoms with Gasteiger partial charge in [0.05, 0.1) is 5.56 Å². The quantitative estimate of drug-likeness (QED) is 0.572. The molecule has 2 nitrogen and oxygen atoms in total. The number of hydrogen-bond donors (Lipinski definition) is 0. The van der Waals surface area contributed by atoms with E-state index in [0.717, 1.165) is 12.1 Å². The van der Waals surface area contributed by atoms with E-state index >= 15 is 0 Å².